The molecule has 1 aromatic heterocycles. The second kappa shape index (κ2) is 26.1. The number of methoxy groups -OCH3 is 1. The van der Waals surface area contributed by atoms with Gasteiger partial charge >= 0.3 is 13.8 Å². The molecule has 0 radical (unpaired) electrons. The zero-order chi connectivity index (χ0) is 30.7. The van der Waals surface area contributed by atoms with E-state index in [-0.39, 0.29) is 33.0 Å². The fourth-order valence-electron chi connectivity index (χ4n) is 4.62. The Kier molecular flexibility index (Phi) is 24.0. The number of unbranched alkanes of at least 4 members (excludes halogenated alkanes) is 15. The van der Waals surface area contributed by atoms with Gasteiger partial charge < -0.3 is 19.1 Å². The van der Waals surface area contributed by atoms with Crippen LogP contribution in [0.2, 0.25) is 0 Å². The van der Waals surface area contributed by atoms with Gasteiger partial charge in [0.2, 0.25) is 0 Å². The van der Waals surface area contributed by atoms with Crippen molar-refractivity contribution in [3.05, 3.63) is 30.1 Å². The van der Waals surface area contributed by atoms with Crippen LogP contribution in [-0.2, 0) is 34.4 Å². The summed E-state index contributed by atoms with van der Waals surface area (Å²) in [6, 6.07) is 3.34. The maximum atomic E-state index is 12.3. The smallest absolute Gasteiger partial charge is 0.462 e. The van der Waals surface area contributed by atoms with Gasteiger partial charge in [0, 0.05) is 19.8 Å². The van der Waals surface area contributed by atoms with Gasteiger partial charge in [0.25, 0.3) is 0 Å². The van der Waals surface area contributed by atoms with E-state index in [0.717, 1.165) is 12.8 Å². The van der Waals surface area contributed by atoms with E-state index in [9.17, 15) is 14.3 Å². The average Bonchev–Trinajstić information content (AvgIpc) is 2.98. The molecule has 0 aliphatic rings. The zero-order valence-corrected chi connectivity index (χ0v) is 27.5. The van der Waals surface area contributed by atoms with E-state index in [1.54, 1.807) is 36.0 Å². The van der Waals surface area contributed by atoms with Gasteiger partial charge in [-0.3, -0.25) is 9.05 Å². The zero-order valence-electron chi connectivity index (χ0n) is 26.6. The Balaban J connectivity index is 2.01. The maximum absolute atomic E-state index is 12.3. The van der Waals surface area contributed by atoms with E-state index >= 15 is 0 Å². The van der Waals surface area contributed by atoms with Crippen molar-refractivity contribution in [1.82, 2.24) is 0 Å². The van der Waals surface area contributed by atoms with E-state index in [2.05, 4.69) is 6.92 Å². The van der Waals surface area contributed by atoms with Crippen molar-refractivity contribution in [3.63, 3.8) is 0 Å². The molecule has 42 heavy (non-hydrogen) atoms. The number of rotatable bonds is 29. The summed E-state index contributed by atoms with van der Waals surface area (Å²) >= 11 is 0. The molecule has 0 fully saturated rings. The number of nitrogens with zero attached hydrogens (tertiary/aromatic N) is 1. The van der Waals surface area contributed by atoms with Crippen molar-refractivity contribution >= 4 is 13.8 Å². The maximum Gasteiger partial charge on any atom is 0.472 e. The first-order valence-corrected chi connectivity index (χ1v) is 17.8. The lowest BCUT2D eigenvalue weighted by Gasteiger charge is -2.18. The predicted octanol–water partition coefficient (Wildman–Crippen LogP) is 7.58. The van der Waals surface area contributed by atoms with Crippen LogP contribution in [-0.4, -0.2) is 57.1 Å². The summed E-state index contributed by atoms with van der Waals surface area (Å²) in [7, 11) is -2.74. The van der Waals surface area contributed by atoms with Crippen molar-refractivity contribution in [1.29, 1.82) is 0 Å². The molecule has 9 nitrogen and oxygen atoms in total. The molecule has 244 valence electrons. The van der Waals surface area contributed by atoms with Crippen LogP contribution in [0.1, 0.15) is 127 Å². The molecule has 0 saturated carbocycles. The number of carbonyl (C=O) groups is 1. The largest absolute Gasteiger partial charge is 0.472 e. The summed E-state index contributed by atoms with van der Waals surface area (Å²) in [4.78, 5) is 21.9. The van der Waals surface area contributed by atoms with Gasteiger partial charge in [-0.05, 0) is 19.4 Å². The molecule has 2 atom stereocenters. The lowest BCUT2D eigenvalue weighted by Crippen LogP contribution is -2.36. The van der Waals surface area contributed by atoms with Gasteiger partial charge in [-0.15, -0.1) is 0 Å². The summed E-state index contributed by atoms with van der Waals surface area (Å²) < 4.78 is 40.1. The van der Waals surface area contributed by atoms with Crippen molar-refractivity contribution in [2.75, 3.05) is 40.1 Å². The first-order valence-electron chi connectivity index (χ1n) is 16.3. The minimum absolute atomic E-state index is 0.0713. The molecule has 1 N–H and O–H groups in total. The second-order valence-electron chi connectivity index (χ2n) is 10.9. The van der Waals surface area contributed by atoms with Crippen LogP contribution in [0.5, 0.6) is 0 Å². The third kappa shape index (κ3) is 21.4. The number of phosphoric ester groups is 1. The highest BCUT2D eigenvalue weighted by Gasteiger charge is 2.24. The number of ether oxygens (including phenoxy) is 3. The summed E-state index contributed by atoms with van der Waals surface area (Å²) in [5.41, 5.74) is 0.394. The lowest BCUT2D eigenvalue weighted by atomic mass is 10.0. The third-order valence-corrected chi connectivity index (χ3v) is 8.16. The number of hydrogen-bond donors (Lipinski definition) is 1. The van der Waals surface area contributed by atoms with Gasteiger partial charge in [-0.25, -0.2) is 13.9 Å². The van der Waals surface area contributed by atoms with Gasteiger partial charge in [0.1, 0.15) is 18.3 Å². The van der Waals surface area contributed by atoms with Crippen LogP contribution in [0.15, 0.2) is 24.5 Å². The molecular formula is C32H59NO8P+. The number of carbonyl (C=O) groups excluding carboxylic acids is 1. The van der Waals surface area contributed by atoms with E-state index < -0.39 is 19.9 Å². The Hall–Kier alpha value is -1.35. The fourth-order valence-corrected chi connectivity index (χ4v) is 5.37. The Morgan fingerprint density at radius 2 is 1.40 bits per heavy atom. The van der Waals surface area contributed by atoms with Crippen LogP contribution >= 0.6 is 7.82 Å². The molecule has 1 aromatic rings. The van der Waals surface area contributed by atoms with Crippen LogP contribution in [0, 0.1) is 0 Å². The highest BCUT2D eigenvalue weighted by molar-refractivity contribution is 7.47. The van der Waals surface area contributed by atoms with E-state index in [0.29, 0.717) is 12.2 Å². The molecule has 0 amide bonds. The Bertz CT molecular complexity index is 840. The van der Waals surface area contributed by atoms with Crippen LogP contribution in [0.3, 0.4) is 0 Å². The molecule has 0 saturated heterocycles. The number of esters is 1. The standard InChI is InChI=1S/C32H58NO8P/c1-4-6-7-8-9-10-11-12-13-14-15-16-17-18-19-20-25-38-28-31(37-3)29-41-42(35,36)40-26-24-33-23-21-22-30(27-33)32(34)39-5-2/h21-23,27,31H,4-20,24-26,28-29H2,1-3H3/p+1/t31-/m1/s1. The molecule has 1 unspecified atom stereocenters. The molecule has 0 aromatic carbocycles. The topological polar surface area (TPSA) is 104 Å². The Morgan fingerprint density at radius 3 is 1.95 bits per heavy atom. The Morgan fingerprint density at radius 1 is 0.833 bits per heavy atom. The summed E-state index contributed by atoms with van der Waals surface area (Å²) in [6.07, 6.45) is 24.1. The summed E-state index contributed by atoms with van der Waals surface area (Å²) in [5, 5.41) is 0. The van der Waals surface area contributed by atoms with E-state index in [1.165, 1.54) is 97.0 Å². The molecule has 10 heteroatoms. The Labute approximate surface area is 255 Å². The molecule has 1 heterocycles. The number of phosphoric acid groups is 1. The number of pyridine rings is 1. The minimum atomic E-state index is -4.26. The highest BCUT2D eigenvalue weighted by atomic mass is 31.2. The first kappa shape index (κ1) is 38.7. The van der Waals surface area contributed by atoms with Crippen LogP contribution < -0.4 is 4.57 Å². The lowest BCUT2D eigenvalue weighted by molar-refractivity contribution is -0.697. The molecular weight excluding hydrogens is 557 g/mol. The van der Waals surface area contributed by atoms with Crippen LogP contribution in [0.4, 0.5) is 0 Å². The van der Waals surface area contributed by atoms with Gasteiger partial charge in [-0.1, -0.05) is 103 Å². The van der Waals surface area contributed by atoms with Crippen molar-refractivity contribution in [3.8, 4) is 0 Å². The summed E-state index contributed by atoms with van der Waals surface area (Å²) in [5.74, 6) is -0.424. The first-order chi connectivity index (χ1) is 20.4. The van der Waals surface area contributed by atoms with Crippen LogP contribution in [0.25, 0.3) is 0 Å². The molecule has 1 rings (SSSR count). The number of hydrogen-bond acceptors (Lipinski definition) is 7. The van der Waals surface area contributed by atoms with Gasteiger partial charge in [-0.2, -0.15) is 0 Å². The second-order valence-corrected chi connectivity index (χ2v) is 12.3. The van der Waals surface area contributed by atoms with Crippen molar-refractivity contribution in [2.24, 2.45) is 0 Å². The summed E-state index contributed by atoms with van der Waals surface area (Å²) in [6.45, 7) is 5.29. The molecule has 0 bridgehead atoms. The monoisotopic (exact) mass is 616 g/mol. The normalized spacial score (nSPS) is 13.6. The third-order valence-electron chi connectivity index (χ3n) is 7.18. The van der Waals surface area contributed by atoms with Crippen molar-refractivity contribution < 1.29 is 42.1 Å². The predicted molar refractivity (Wildman–Crippen MR) is 165 cm³/mol. The quantitative estimate of drug-likeness (QED) is 0.0425. The van der Waals surface area contributed by atoms with Crippen molar-refractivity contribution in [2.45, 2.75) is 129 Å². The van der Waals surface area contributed by atoms with Gasteiger partial charge in [0.15, 0.2) is 18.9 Å². The highest BCUT2D eigenvalue weighted by Crippen LogP contribution is 2.43. The SMILES string of the molecule is CCCCCCCCCCCCCCCCCCOC[C@H](COP(=O)(O)OCC[n+]1cccc(C(=O)OCC)c1)OC. The minimum Gasteiger partial charge on any atom is -0.462 e. The molecule has 0 aliphatic carbocycles. The molecule has 0 spiro atoms. The fraction of sp³-hybridized carbons (Fsp3) is 0.812. The van der Waals surface area contributed by atoms with Gasteiger partial charge in [0.05, 0.1) is 19.8 Å². The van der Waals surface area contributed by atoms with E-state index in [4.69, 9.17) is 23.3 Å². The number of aromatic nitrogens is 1. The molecule has 0 aliphatic heterocycles. The van der Waals surface area contributed by atoms with E-state index in [1.807, 2.05) is 0 Å². The average molecular weight is 617 g/mol.